The van der Waals surface area contributed by atoms with Crippen LogP contribution in [0.15, 0.2) is 0 Å². The molecule has 0 aromatic carbocycles. The Balaban J connectivity index is 2.06. The normalized spacial score (nSPS) is 26.0. The van der Waals surface area contributed by atoms with E-state index >= 15 is 0 Å². The van der Waals surface area contributed by atoms with Crippen molar-refractivity contribution >= 4 is 0 Å². The van der Waals surface area contributed by atoms with Gasteiger partial charge in [-0.1, -0.05) is 0 Å². The Morgan fingerprint density at radius 1 is 1.50 bits per heavy atom. The highest BCUT2D eigenvalue weighted by Gasteiger charge is 2.16. The Morgan fingerprint density at radius 3 is 3.00 bits per heavy atom. The van der Waals surface area contributed by atoms with Crippen LogP contribution in [-0.4, -0.2) is 49.3 Å². The maximum atomic E-state index is 8.61. The molecule has 1 aliphatic rings. The zero-order chi connectivity index (χ0) is 8.81. The van der Waals surface area contributed by atoms with Crippen molar-refractivity contribution in [2.24, 2.45) is 0 Å². The Morgan fingerprint density at radius 2 is 2.33 bits per heavy atom. The summed E-state index contributed by atoms with van der Waals surface area (Å²) in [5, 5.41) is 13.1. The van der Waals surface area contributed by atoms with Gasteiger partial charge in [-0.05, 0) is 26.3 Å². The van der Waals surface area contributed by atoms with Crippen LogP contribution in [0.2, 0.25) is 0 Å². The molecule has 0 aliphatic carbocycles. The number of rotatable bonds is 4. The standard InChI is InChI=1S/C9H19N2O/c1-11-6-5-10-9(8-11)4-2-3-7-12/h9,12H,2-8H2,1H3. The van der Waals surface area contributed by atoms with Gasteiger partial charge in [-0.2, -0.15) is 0 Å². The summed E-state index contributed by atoms with van der Waals surface area (Å²) in [6, 6.07) is 0.523. The molecule has 71 valence electrons. The predicted octanol–water partition coefficient (Wildman–Crippen LogP) is 0.0674. The van der Waals surface area contributed by atoms with Crippen molar-refractivity contribution in [1.82, 2.24) is 10.2 Å². The van der Waals surface area contributed by atoms with E-state index in [1.807, 2.05) is 0 Å². The van der Waals surface area contributed by atoms with Crippen LogP contribution in [0.5, 0.6) is 0 Å². The lowest BCUT2D eigenvalue weighted by atomic mass is 10.1. The lowest BCUT2D eigenvalue weighted by molar-refractivity contribution is 0.219. The molecule has 0 aromatic heterocycles. The van der Waals surface area contributed by atoms with Gasteiger partial charge in [0.1, 0.15) is 0 Å². The highest BCUT2D eigenvalue weighted by atomic mass is 16.2. The van der Waals surface area contributed by atoms with E-state index in [-0.39, 0.29) is 0 Å². The Labute approximate surface area is 74.8 Å². The zero-order valence-electron chi connectivity index (χ0n) is 7.87. The van der Waals surface area contributed by atoms with Crippen LogP contribution in [0.4, 0.5) is 0 Å². The number of aliphatic hydroxyl groups is 1. The number of unbranched alkanes of at least 4 members (excludes halogenated alkanes) is 1. The van der Waals surface area contributed by atoms with E-state index in [0.717, 1.165) is 38.9 Å². The van der Waals surface area contributed by atoms with Gasteiger partial charge in [0.15, 0.2) is 0 Å². The molecule has 1 atom stereocenters. The van der Waals surface area contributed by atoms with Crippen molar-refractivity contribution in [3.05, 3.63) is 0 Å². The van der Waals surface area contributed by atoms with Crippen LogP contribution in [-0.2, 0) is 0 Å². The first-order chi connectivity index (χ1) is 5.83. The number of hydrogen-bond donors (Lipinski definition) is 1. The smallest absolute Gasteiger partial charge is 0.0431 e. The van der Waals surface area contributed by atoms with Gasteiger partial charge in [-0.3, -0.25) is 0 Å². The maximum absolute atomic E-state index is 8.61. The van der Waals surface area contributed by atoms with Crippen molar-refractivity contribution in [3.63, 3.8) is 0 Å². The lowest BCUT2D eigenvalue weighted by Crippen LogP contribution is -2.44. The summed E-state index contributed by atoms with van der Waals surface area (Å²) < 4.78 is 0. The Kier molecular flexibility index (Phi) is 4.58. The van der Waals surface area contributed by atoms with Crippen LogP contribution in [0, 0.1) is 0 Å². The first kappa shape index (κ1) is 9.96. The zero-order valence-corrected chi connectivity index (χ0v) is 7.87. The average Bonchev–Trinajstić information content (AvgIpc) is 2.05. The number of hydrogen-bond acceptors (Lipinski definition) is 2. The summed E-state index contributed by atoms with van der Waals surface area (Å²) in [4.78, 5) is 2.33. The molecule has 1 N–H and O–H groups in total. The highest BCUT2D eigenvalue weighted by Crippen LogP contribution is 2.06. The minimum atomic E-state index is 0.322. The quantitative estimate of drug-likeness (QED) is 0.608. The van der Waals surface area contributed by atoms with Crippen molar-refractivity contribution < 1.29 is 5.11 Å². The molecule has 1 aliphatic heterocycles. The van der Waals surface area contributed by atoms with Gasteiger partial charge in [0, 0.05) is 32.3 Å². The fourth-order valence-corrected chi connectivity index (χ4v) is 1.59. The summed E-state index contributed by atoms with van der Waals surface area (Å²) in [5.41, 5.74) is 0. The molecule has 12 heavy (non-hydrogen) atoms. The van der Waals surface area contributed by atoms with Crippen molar-refractivity contribution in [2.75, 3.05) is 33.3 Å². The topological polar surface area (TPSA) is 37.6 Å². The molecule has 1 radical (unpaired) electrons. The number of likely N-dealkylation sites (N-methyl/N-ethyl adjacent to an activating group) is 1. The van der Waals surface area contributed by atoms with E-state index < -0.39 is 0 Å². The third-order valence-electron chi connectivity index (χ3n) is 2.34. The first-order valence-corrected chi connectivity index (χ1v) is 4.79. The number of nitrogens with zero attached hydrogens (tertiary/aromatic N) is 2. The van der Waals surface area contributed by atoms with Crippen molar-refractivity contribution in [3.8, 4) is 0 Å². The molecular weight excluding hydrogens is 152 g/mol. The monoisotopic (exact) mass is 171 g/mol. The lowest BCUT2D eigenvalue weighted by Gasteiger charge is -2.29. The van der Waals surface area contributed by atoms with Crippen LogP contribution in [0.3, 0.4) is 0 Å². The molecule has 0 spiro atoms. The second-order valence-electron chi connectivity index (χ2n) is 3.54. The molecule has 1 rings (SSSR count). The van der Waals surface area contributed by atoms with Gasteiger partial charge in [0.2, 0.25) is 0 Å². The fourth-order valence-electron chi connectivity index (χ4n) is 1.59. The van der Waals surface area contributed by atoms with E-state index in [2.05, 4.69) is 17.3 Å². The molecule has 0 aromatic rings. The van der Waals surface area contributed by atoms with Gasteiger partial charge in [0.05, 0.1) is 0 Å². The number of piperazine rings is 1. The van der Waals surface area contributed by atoms with Gasteiger partial charge < -0.3 is 10.0 Å². The maximum Gasteiger partial charge on any atom is 0.0431 e. The predicted molar refractivity (Wildman–Crippen MR) is 49.2 cm³/mol. The first-order valence-electron chi connectivity index (χ1n) is 4.79. The highest BCUT2D eigenvalue weighted by molar-refractivity contribution is 4.75. The van der Waals surface area contributed by atoms with E-state index in [0.29, 0.717) is 12.6 Å². The molecule has 0 amide bonds. The van der Waals surface area contributed by atoms with Crippen molar-refractivity contribution in [1.29, 1.82) is 0 Å². The Bertz CT molecular complexity index is 119. The summed E-state index contributed by atoms with van der Waals surface area (Å²) in [5.74, 6) is 0. The molecule has 1 heterocycles. The molecule has 1 saturated heterocycles. The van der Waals surface area contributed by atoms with Gasteiger partial charge in [0.25, 0.3) is 0 Å². The molecule has 1 unspecified atom stereocenters. The van der Waals surface area contributed by atoms with E-state index in [1.165, 1.54) is 0 Å². The minimum absolute atomic E-state index is 0.322. The minimum Gasteiger partial charge on any atom is -0.396 e. The largest absolute Gasteiger partial charge is 0.396 e. The summed E-state index contributed by atoms with van der Waals surface area (Å²) >= 11 is 0. The van der Waals surface area contributed by atoms with Crippen LogP contribution >= 0.6 is 0 Å². The molecular formula is C9H19N2O. The summed E-state index contributed by atoms with van der Waals surface area (Å²) in [6.07, 6.45) is 3.18. The molecule has 0 saturated carbocycles. The van der Waals surface area contributed by atoms with E-state index in [4.69, 9.17) is 5.11 Å². The summed E-state index contributed by atoms with van der Waals surface area (Å²) in [6.45, 7) is 3.52. The third kappa shape index (κ3) is 3.52. The number of aliphatic hydroxyl groups excluding tert-OH is 1. The molecule has 0 bridgehead atoms. The molecule has 3 heteroatoms. The second kappa shape index (κ2) is 5.51. The molecule has 3 nitrogen and oxygen atoms in total. The fraction of sp³-hybridized carbons (Fsp3) is 1.00. The Hall–Kier alpha value is -0.120. The molecule has 1 fully saturated rings. The van der Waals surface area contributed by atoms with Gasteiger partial charge >= 0.3 is 0 Å². The SMILES string of the molecule is CN1CC[N]C(CCCCO)C1. The van der Waals surface area contributed by atoms with Gasteiger partial charge in [-0.15, -0.1) is 0 Å². The average molecular weight is 171 g/mol. The van der Waals surface area contributed by atoms with Crippen molar-refractivity contribution in [2.45, 2.75) is 25.3 Å². The van der Waals surface area contributed by atoms with Crippen LogP contribution in [0.25, 0.3) is 0 Å². The van der Waals surface area contributed by atoms with Crippen LogP contribution in [0.1, 0.15) is 19.3 Å². The van der Waals surface area contributed by atoms with E-state index in [1.54, 1.807) is 0 Å². The van der Waals surface area contributed by atoms with E-state index in [9.17, 15) is 0 Å². The van der Waals surface area contributed by atoms with Crippen LogP contribution < -0.4 is 5.32 Å². The van der Waals surface area contributed by atoms with Gasteiger partial charge in [-0.25, -0.2) is 5.32 Å². The second-order valence-corrected chi connectivity index (χ2v) is 3.54. The summed E-state index contributed by atoms with van der Waals surface area (Å²) in [7, 11) is 2.15. The third-order valence-corrected chi connectivity index (χ3v) is 2.34.